The molecule has 11 aromatic rings. The zero-order chi connectivity index (χ0) is 72.6. The smallest absolute Gasteiger partial charge is 0.252 e. The van der Waals surface area contributed by atoms with Crippen molar-refractivity contribution in [1.82, 2.24) is 0 Å². The molecule has 2 aliphatic heterocycles. The zero-order valence-electron chi connectivity index (χ0n) is 65.3. The summed E-state index contributed by atoms with van der Waals surface area (Å²) in [4.78, 5) is 5.31. The average molecular weight is 1330 g/mol. The molecule has 13 rings (SSSR count). The molecule has 0 saturated heterocycles. The van der Waals surface area contributed by atoms with E-state index in [4.69, 9.17) is 0 Å². The van der Waals surface area contributed by atoms with Crippen molar-refractivity contribution in [2.75, 3.05) is 9.80 Å². The van der Waals surface area contributed by atoms with Gasteiger partial charge in [0.15, 0.2) is 0 Å². The lowest BCUT2D eigenvalue weighted by Gasteiger charge is -2.45. The van der Waals surface area contributed by atoms with Crippen LogP contribution in [0.4, 0.5) is 34.1 Å². The van der Waals surface area contributed by atoms with Gasteiger partial charge in [-0.2, -0.15) is 0 Å². The summed E-state index contributed by atoms with van der Waals surface area (Å²) in [7, 11) is 0. The highest BCUT2D eigenvalue weighted by Crippen LogP contribution is 2.52. The first-order valence-corrected chi connectivity index (χ1v) is 37.2. The molecule has 0 N–H and O–H groups in total. The van der Waals surface area contributed by atoms with Gasteiger partial charge in [-0.3, -0.25) is 0 Å². The molecule has 0 aromatic heterocycles. The fourth-order valence-electron chi connectivity index (χ4n) is 15.2. The zero-order valence-corrected chi connectivity index (χ0v) is 65.3. The van der Waals surface area contributed by atoms with Gasteiger partial charge in [0.05, 0.1) is 11.4 Å². The molecule has 0 atom stereocenters. The van der Waals surface area contributed by atoms with Crippen LogP contribution in [0.3, 0.4) is 0 Å². The third-order valence-corrected chi connectivity index (χ3v) is 21.7. The minimum atomic E-state index is -0.143. The van der Waals surface area contributed by atoms with Crippen molar-refractivity contribution < 1.29 is 0 Å². The van der Waals surface area contributed by atoms with Gasteiger partial charge in [0.1, 0.15) is 0 Å². The Hall–Kier alpha value is -8.92. The van der Waals surface area contributed by atoms with Crippen LogP contribution in [-0.2, 0) is 43.3 Å². The third-order valence-electron chi connectivity index (χ3n) is 21.7. The van der Waals surface area contributed by atoms with Crippen molar-refractivity contribution in [3.8, 4) is 66.8 Å². The van der Waals surface area contributed by atoms with E-state index in [1.165, 1.54) is 150 Å². The summed E-state index contributed by atoms with van der Waals surface area (Å²) in [6.07, 6.45) is 0. The van der Waals surface area contributed by atoms with E-state index in [1.54, 1.807) is 0 Å². The van der Waals surface area contributed by atoms with E-state index in [-0.39, 0.29) is 50.0 Å². The molecule has 2 aliphatic rings. The van der Waals surface area contributed by atoms with Gasteiger partial charge in [0.2, 0.25) is 0 Å². The highest BCUT2D eigenvalue weighted by Gasteiger charge is 2.45. The van der Waals surface area contributed by atoms with Crippen LogP contribution < -0.4 is 26.2 Å². The number of nitrogens with zero attached hydrogens (tertiary/aromatic N) is 2. The molecular formula is C98H109BN2. The monoisotopic (exact) mass is 1320 g/mol. The first-order chi connectivity index (χ1) is 47.1. The lowest BCUT2D eigenvalue weighted by molar-refractivity contribution is 0.568. The molecule has 0 saturated carbocycles. The second-order valence-electron chi connectivity index (χ2n) is 37.7. The number of anilines is 6. The summed E-state index contributed by atoms with van der Waals surface area (Å²) < 4.78 is 0. The molecule has 0 fully saturated rings. The lowest BCUT2D eigenvalue weighted by Crippen LogP contribution is -2.61. The van der Waals surface area contributed by atoms with E-state index < -0.39 is 0 Å². The van der Waals surface area contributed by atoms with Crippen LogP contribution >= 0.6 is 0 Å². The summed E-state index contributed by atoms with van der Waals surface area (Å²) in [5, 5.41) is 0. The van der Waals surface area contributed by atoms with E-state index in [9.17, 15) is 0 Å². The first-order valence-electron chi connectivity index (χ1n) is 37.2. The fourth-order valence-corrected chi connectivity index (χ4v) is 15.2. The molecule has 3 heteroatoms. The summed E-state index contributed by atoms with van der Waals surface area (Å²) in [6, 6.07) is 88.5. The average Bonchev–Trinajstić information content (AvgIpc) is 0.694. The highest BCUT2D eigenvalue weighted by molar-refractivity contribution is 7.00. The first kappa shape index (κ1) is 70.5. The predicted octanol–water partition coefficient (Wildman–Crippen LogP) is 26.2. The van der Waals surface area contributed by atoms with Crippen LogP contribution in [0.1, 0.15) is 211 Å². The normalized spacial score (nSPS) is 13.7. The van der Waals surface area contributed by atoms with E-state index >= 15 is 0 Å². The maximum absolute atomic E-state index is 2.66. The van der Waals surface area contributed by atoms with Crippen LogP contribution in [0.5, 0.6) is 0 Å². The molecule has 514 valence electrons. The third kappa shape index (κ3) is 13.5. The van der Waals surface area contributed by atoms with Gasteiger partial charge in [0.25, 0.3) is 6.71 Å². The summed E-state index contributed by atoms with van der Waals surface area (Å²) in [6.45, 7) is 56.2. The van der Waals surface area contributed by atoms with E-state index in [0.717, 1.165) is 11.4 Å². The molecule has 2 nitrogen and oxygen atoms in total. The predicted molar refractivity (Wildman–Crippen MR) is 443 cm³/mol. The lowest BCUT2D eigenvalue weighted by atomic mass is 9.33. The Labute approximate surface area is 608 Å². The standard InChI is InChI=1S/C98H109BN2/c1-91(2,3)68-48-64(49-69(58-68)92(4,5)6)78-36-27-25-34-76(78)62-44-46-82-88(56-62)100(84-40-31-29-38-80(84)66-52-72(95(13,14)15)60-73(53-66)96(16,17)18)86-42-33-43-87-90(86)99(82)83-47-45-63(77-35-26-28-37-79(77)65-50-70(93(7,8)9)59-71(51-65)94(10,11)12)57-89(83)101(87)85-41-32-30-39-81(85)67-54-74(97(19,20)21)61-75(55-67)98(22,23)24/h25-61H,1-24H3. The highest BCUT2D eigenvalue weighted by atomic mass is 15.2. The van der Waals surface area contributed by atoms with Crippen molar-refractivity contribution in [3.05, 3.63) is 269 Å². The second-order valence-corrected chi connectivity index (χ2v) is 37.7. The Morgan fingerprint density at radius 2 is 0.406 bits per heavy atom. The van der Waals surface area contributed by atoms with Gasteiger partial charge in [-0.1, -0.05) is 354 Å². The summed E-state index contributed by atoms with van der Waals surface area (Å²) >= 11 is 0. The minimum Gasteiger partial charge on any atom is -0.311 e. The number of para-hydroxylation sites is 2. The Kier molecular flexibility index (Phi) is 17.4. The van der Waals surface area contributed by atoms with Crippen LogP contribution in [0.15, 0.2) is 224 Å². The number of benzene rings is 11. The van der Waals surface area contributed by atoms with Gasteiger partial charge >= 0.3 is 0 Å². The molecule has 0 amide bonds. The van der Waals surface area contributed by atoms with E-state index in [1.807, 2.05) is 0 Å². The molecule has 101 heavy (non-hydrogen) atoms. The Morgan fingerprint density at radius 3 is 0.663 bits per heavy atom. The number of hydrogen-bond acceptors (Lipinski definition) is 2. The van der Waals surface area contributed by atoms with Crippen LogP contribution in [0, 0.1) is 0 Å². The van der Waals surface area contributed by atoms with Crippen molar-refractivity contribution in [1.29, 1.82) is 0 Å². The molecule has 2 heterocycles. The van der Waals surface area contributed by atoms with Gasteiger partial charge in [-0.15, -0.1) is 0 Å². The SMILES string of the molecule is CC(C)(C)c1cc(-c2ccccc2-c2ccc3c(c2)N(c2ccccc2-c2cc(C(C)(C)C)cc(C(C)(C)C)c2)c2cccc4c2B3c2ccc(-c3ccccc3-c3cc(C(C)(C)C)cc(C(C)(C)C)c3)cc2N4c2ccccc2-c2cc(C(C)(C)C)cc(C(C)(C)C)c2)cc(C(C)(C)C)c1. The van der Waals surface area contributed by atoms with Crippen molar-refractivity contribution in [2.24, 2.45) is 0 Å². The maximum atomic E-state index is 2.66. The van der Waals surface area contributed by atoms with Crippen LogP contribution in [0.25, 0.3) is 66.8 Å². The van der Waals surface area contributed by atoms with E-state index in [0.29, 0.717) is 0 Å². The molecule has 0 radical (unpaired) electrons. The van der Waals surface area contributed by atoms with E-state index in [2.05, 4.69) is 400 Å². The summed E-state index contributed by atoms with van der Waals surface area (Å²) in [5.74, 6) is 0. The van der Waals surface area contributed by atoms with Gasteiger partial charge in [-0.25, -0.2) is 0 Å². The van der Waals surface area contributed by atoms with Crippen molar-refractivity contribution in [2.45, 2.75) is 209 Å². The molecular weight excluding hydrogens is 1220 g/mol. The molecule has 0 bridgehead atoms. The largest absolute Gasteiger partial charge is 0.311 e. The molecule has 0 aliphatic carbocycles. The molecule has 11 aromatic carbocycles. The number of rotatable bonds is 8. The van der Waals surface area contributed by atoms with Crippen LogP contribution in [-0.4, -0.2) is 6.71 Å². The van der Waals surface area contributed by atoms with Crippen molar-refractivity contribution >= 4 is 57.2 Å². The quantitative estimate of drug-likeness (QED) is 0.140. The van der Waals surface area contributed by atoms with Gasteiger partial charge in [0, 0.05) is 33.9 Å². The van der Waals surface area contributed by atoms with Crippen LogP contribution in [0.2, 0.25) is 0 Å². The fraction of sp³-hybridized carbons (Fsp3) is 0.327. The Bertz CT molecular complexity index is 4590. The number of fused-ring (bicyclic) bond motifs is 4. The summed E-state index contributed by atoms with van der Waals surface area (Å²) in [5.41, 5.74) is 35.6. The number of hydrogen-bond donors (Lipinski definition) is 0. The maximum Gasteiger partial charge on any atom is 0.252 e. The van der Waals surface area contributed by atoms with Crippen molar-refractivity contribution in [3.63, 3.8) is 0 Å². The molecule has 0 unspecified atom stereocenters. The topological polar surface area (TPSA) is 6.48 Å². The van der Waals surface area contributed by atoms with Gasteiger partial charge in [-0.05, 0) is 196 Å². The minimum absolute atomic E-state index is 0.0453. The van der Waals surface area contributed by atoms with Gasteiger partial charge < -0.3 is 9.80 Å². The Balaban J connectivity index is 1.13. The molecule has 0 spiro atoms. The second kappa shape index (κ2) is 25.0. The Morgan fingerprint density at radius 1 is 0.188 bits per heavy atom.